The molecule has 1 aromatic rings. The lowest BCUT2D eigenvalue weighted by molar-refractivity contribution is -0.134. The minimum absolute atomic E-state index is 0.169. The van der Waals surface area contributed by atoms with Gasteiger partial charge in [0.1, 0.15) is 0 Å². The van der Waals surface area contributed by atoms with Gasteiger partial charge in [0.25, 0.3) is 0 Å². The summed E-state index contributed by atoms with van der Waals surface area (Å²) in [6, 6.07) is 10.8. The molecule has 2 heterocycles. The molecule has 4 nitrogen and oxygen atoms in total. The summed E-state index contributed by atoms with van der Waals surface area (Å²) in [5.41, 5.74) is 1.57. The molecular formula is C19H29N3O. The molecule has 2 saturated heterocycles. The zero-order chi connectivity index (χ0) is 16.3. The van der Waals surface area contributed by atoms with Crippen molar-refractivity contribution in [2.75, 3.05) is 52.9 Å². The Kier molecular flexibility index (Phi) is 5.02. The van der Waals surface area contributed by atoms with Crippen molar-refractivity contribution in [3.05, 3.63) is 35.9 Å². The monoisotopic (exact) mass is 315 g/mol. The Morgan fingerprint density at radius 2 is 1.78 bits per heavy atom. The Balaban J connectivity index is 1.59. The van der Waals surface area contributed by atoms with Crippen molar-refractivity contribution in [1.29, 1.82) is 0 Å². The SMILES string of the molecule is CN1CCN(C(=O)CN2CCCC(C)(c3ccccc3)C2)CC1. The molecule has 0 bridgehead atoms. The van der Waals surface area contributed by atoms with Gasteiger partial charge < -0.3 is 9.80 Å². The molecule has 23 heavy (non-hydrogen) atoms. The second kappa shape index (κ2) is 7.02. The van der Waals surface area contributed by atoms with Gasteiger partial charge >= 0.3 is 0 Å². The lowest BCUT2D eigenvalue weighted by atomic mass is 9.76. The van der Waals surface area contributed by atoms with E-state index in [0.717, 1.165) is 39.3 Å². The normalized spacial score (nSPS) is 27.1. The molecule has 2 aliphatic rings. The minimum atomic E-state index is 0.169. The van der Waals surface area contributed by atoms with E-state index in [0.29, 0.717) is 12.5 Å². The summed E-state index contributed by atoms with van der Waals surface area (Å²) in [5, 5.41) is 0. The smallest absolute Gasteiger partial charge is 0.236 e. The largest absolute Gasteiger partial charge is 0.339 e. The van der Waals surface area contributed by atoms with Crippen molar-refractivity contribution in [2.45, 2.75) is 25.2 Å². The van der Waals surface area contributed by atoms with Crippen molar-refractivity contribution in [2.24, 2.45) is 0 Å². The Labute approximate surface area is 140 Å². The van der Waals surface area contributed by atoms with E-state index in [4.69, 9.17) is 0 Å². The van der Waals surface area contributed by atoms with Crippen LogP contribution in [0, 0.1) is 0 Å². The highest BCUT2D eigenvalue weighted by atomic mass is 16.2. The predicted molar refractivity (Wildman–Crippen MR) is 93.5 cm³/mol. The Hall–Kier alpha value is -1.39. The minimum Gasteiger partial charge on any atom is -0.339 e. The number of rotatable bonds is 3. The van der Waals surface area contributed by atoms with Crippen molar-refractivity contribution < 1.29 is 4.79 Å². The van der Waals surface area contributed by atoms with Gasteiger partial charge in [-0.3, -0.25) is 9.69 Å². The number of carbonyl (C=O) groups is 1. The fourth-order valence-electron chi connectivity index (χ4n) is 3.90. The molecule has 1 aromatic carbocycles. The van der Waals surface area contributed by atoms with Crippen LogP contribution in [-0.4, -0.2) is 73.5 Å². The summed E-state index contributed by atoms with van der Waals surface area (Å²) in [4.78, 5) is 19.3. The molecule has 0 spiro atoms. The average molecular weight is 315 g/mol. The van der Waals surface area contributed by atoms with E-state index < -0.39 is 0 Å². The van der Waals surface area contributed by atoms with Crippen LogP contribution in [0.15, 0.2) is 30.3 Å². The number of hydrogen-bond donors (Lipinski definition) is 0. The molecule has 126 valence electrons. The van der Waals surface area contributed by atoms with Gasteiger partial charge in [0.15, 0.2) is 0 Å². The van der Waals surface area contributed by atoms with Gasteiger partial charge in [-0.1, -0.05) is 37.3 Å². The quantitative estimate of drug-likeness (QED) is 0.851. The first-order chi connectivity index (χ1) is 11.1. The molecule has 0 aromatic heterocycles. The third kappa shape index (κ3) is 3.93. The molecule has 1 atom stereocenters. The van der Waals surface area contributed by atoms with Gasteiger partial charge in [0.2, 0.25) is 5.91 Å². The number of piperazine rings is 1. The van der Waals surface area contributed by atoms with Gasteiger partial charge in [-0.25, -0.2) is 0 Å². The number of likely N-dealkylation sites (tertiary alicyclic amines) is 1. The number of carbonyl (C=O) groups excluding carboxylic acids is 1. The Morgan fingerprint density at radius 1 is 1.09 bits per heavy atom. The molecule has 4 heteroatoms. The third-order valence-corrected chi connectivity index (χ3v) is 5.46. The van der Waals surface area contributed by atoms with E-state index in [1.54, 1.807) is 0 Å². The predicted octanol–water partition coefficient (Wildman–Crippen LogP) is 1.81. The summed E-state index contributed by atoms with van der Waals surface area (Å²) in [5.74, 6) is 0.301. The summed E-state index contributed by atoms with van der Waals surface area (Å²) >= 11 is 0. The topological polar surface area (TPSA) is 26.8 Å². The summed E-state index contributed by atoms with van der Waals surface area (Å²) in [7, 11) is 2.12. The maximum absolute atomic E-state index is 12.6. The van der Waals surface area contributed by atoms with Crippen LogP contribution in [0.5, 0.6) is 0 Å². The molecule has 1 unspecified atom stereocenters. The van der Waals surface area contributed by atoms with Crippen molar-refractivity contribution in [1.82, 2.24) is 14.7 Å². The lowest BCUT2D eigenvalue weighted by Crippen LogP contribution is -2.52. The third-order valence-electron chi connectivity index (χ3n) is 5.46. The van der Waals surface area contributed by atoms with Gasteiger partial charge in [0, 0.05) is 38.1 Å². The Bertz CT molecular complexity index is 525. The van der Waals surface area contributed by atoms with Crippen LogP contribution in [0.2, 0.25) is 0 Å². The Morgan fingerprint density at radius 3 is 2.48 bits per heavy atom. The highest BCUT2D eigenvalue weighted by Crippen LogP contribution is 2.33. The fraction of sp³-hybridized carbons (Fsp3) is 0.632. The van der Waals surface area contributed by atoms with Crippen LogP contribution in [0.4, 0.5) is 0 Å². The van der Waals surface area contributed by atoms with Crippen molar-refractivity contribution in [3.63, 3.8) is 0 Å². The number of hydrogen-bond acceptors (Lipinski definition) is 3. The number of benzene rings is 1. The van der Waals surface area contributed by atoms with Crippen LogP contribution in [-0.2, 0) is 10.2 Å². The van der Waals surface area contributed by atoms with E-state index >= 15 is 0 Å². The first-order valence-electron chi connectivity index (χ1n) is 8.81. The molecule has 2 aliphatic heterocycles. The number of likely N-dealkylation sites (N-methyl/N-ethyl adjacent to an activating group) is 1. The molecular weight excluding hydrogens is 286 g/mol. The molecule has 0 saturated carbocycles. The highest BCUT2D eigenvalue weighted by Gasteiger charge is 2.33. The first-order valence-corrected chi connectivity index (χ1v) is 8.81. The molecule has 0 N–H and O–H groups in total. The van der Waals surface area contributed by atoms with Crippen molar-refractivity contribution in [3.8, 4) is 0 Å². The van der Waals surface area contributed by atoms with Crippen LogP contribution in [0.1, 0.15) is 25.3 Å². The van der Waals surface area contributed by atoms with Crippen LogP contribution < -0.4 is 0 Å². The molecule has 0 radical (unpaired) electrons. The number of nitrogens with zero attached hydrogens (tertiary/aromatic N) is 3. The zero-order valence-corrected chi connectivity index (χ0v) is 14.5. The highest BCUT2D eigenvalue weighted by molar-refractivity contribution is 5.78. The van der Waals surface area contributed by atoms with Crippen molar-refractivity contribution >= 4 is 5.91 Å². The van der Waals surface area contributed by atoms with E-state index in [1.165, 1.54) is 18.4 Å². The first kappa shape index (κ1) is 16.5. The van der Waals surface area contributed by atoms with Crippen LogP contribution in [0.25, 0.3) is 0 Å². The second-order valence-electron chi connectivity index (χ2n) is 7.42. The van der Waals surface area contributed by atoms with E-state index in [9.17, 15) is 4.79 Å². The maximum atomic E-state index is 12.6. The standard InChI is InChI=1S/C19H29N3O/c1-19(17-7-4-3-5-8-17)9-6-10-21(16-19)15-18(23)22-13-11-20(2)12-14-22/h3-5,7-8H,6,9-16H2,1-2H3. The van der Waals surface area contributed by atoms with Gasteiger partial charge in [-0.05, 0) is 32.0 Å². The van der Waals surface area contributed by atoms with Crippen LogP contribution >= 0.6 is 0 Å². The lowest BCUT2D eigenvalue weighted by Gasteiger charge is -2.41. The average Bonchev–Trinajstić information content (AvgIpc) is 2.56. The molecule has 0 aliphatic carbocycles. The zero-order valence-electron chi connectivity index (χ0n) is 14.5. The molecule has 3 rings (SSSR count). The molecule has 1 amide bonds. The van der Waals surface area contributed by atoms with E-state index in [-0.39, 0.29) is 5.41 Å². The van der Waals surface area contributed by atoms with E-state index in [2.05, 4.69) is 54.1 Å². The molecule has 2 fully saturated rings. The van der Waals surface area contributed by atoms with Gasteiger partial charge in [0.05, 0.1) is 6.54 Å². The maximum Gasteiger partial charge on any atom is 0.236 e. The summed E-state index contributed by atoms with van der Waals surface area (Å²) in [6.45, 7) is 8.68. The second-order valence-corrected chi connectivity index (χ2v) is 7.42. The summed E-state index contributed by atoms with van der Waals surface area (Å²) < 4.78 is 0. The van der Waals surface area contributed by atoms with E-state index in [1.807, 2.05) is 4.90 Å². The number of amides is 1. The summed E-state index contributed by atoms with van der Waals surface area (Å²) in [6.07, 6.45) is 2.37. The fourth-order valence-corrected chi connectivity index (χ4v) is 3.90. The van der Waals surface area contributed by atoms with Crippen LogP contribution in [0.3, 0.4) is 0 Å². The van der Waals surface area contributed by atoms with Gasteiger partial charge in [-0.2, -0.15) is 0 Å². The van der Waals surface area contributed by atoms with Gasteiger partial charge in [-0.15, -0.1) is 0 Å². The number of piperidine rings is 1.